The molecule has 0 aromatic carbocycles. The monoisotopic (exact) mass is 279 g/mol. The largest absolute Gasteiger partial charge is 0.391 e. The molecule has 1 aliphatic carbocycles. The summed E-state index contributed by atoms with van der Waals surface area (Å²) in [5, 5.41) is 17.2. The summed E-state index contributed by atoms with van der Waals surface area (Å²) in [4.78, 5) is 12.1. The van der Waals surface area contributed by atoms with Gasteiger partial charge in [0.25, 0.3) is 0 Å². The molecule has 20 heavy (non-hydrogen) atoms. The second-order valence-corrected chi connectivity index (χ2v) is 5.90. The summed E-state index contributed by atoms with van der Waals surface area (Å²) in [6, 6.07) is 1.61. The lowest BCUT2D eigenvalue weighted by atomic mass is 10.0. The van der Waals surface area contributed by atoms with Crippen LogP contribution in [0.25, 0.3) is 0 Å². The van der Waals surface area contributed by atoms with E-state index in [4.69, 9.17) is 0 Å². The average molecular weight is 279 g/mol. The molecule has 2 rings (SSSR count). The summed E-state index contributed by atoms with van der Waals surface area (Å²) >= 11 is 0. The van der Waals surface area contributed by atoms with Crippen molar-refractivity contribution in [2.45, 2.75) is 58.6 Å². The first kappa shape index (κ1) is 15.0. The van der Waals surface area contributed by atoms with E-state index in [2.05, 4.69) is 10.4 Å². The minimum Gasteiger partial charge on any atom is -0.391 e. The molecule has 2 atom stereocenters. The van der Waals surface area contributed by atoms with Gasteiger partial charge in [0.15, 0.2) is 0 Å². The highest BCUT2D eigenvalue weighted by Gasteiger charge is 2.24. The van der Waals surface area contributed by atoms with Crippen molar-refractivity contribution in [3.05, 3.63) is 17.5 Å². The third kappa shape index (κ3) is 3.39. The first-order chi connectivity index (χ1) is 9.49. The summed E-state index contributed by atoms with van der Waals surface area (Å²) in [5.41, 5.74) is 1.88. The lowest BCUT2D eigenvalue weighted by Gasteiger charge is -2.20. The van der Waals surface area contributed by atoms with Crippen molar-refractivity contribution in [1.82, 2.24) is 15.1 Å². The van der Waals surface area contributed by atoms with Gasteiger partial charge in [-0.3, -0.25) is 9.48 Å². The number of aliphatic hydroxyl groups excluding tert-OH is 1. The Kier molecular flexibility index (Phi) is 4.81. The second kappa shape index (κ2) is 6.39. The molecule has 5 heteroatoms. The quantitative estimate of drug-likeness (QED) is 0.862. The number of aliphatic hydroxyl groups is 1. The van der Waals surface area contributed by atoms with E-state index >= 15 is 0 Å². The molecule has 1 amide bonds. The van der Waals surface area contributed by atoms with Crippen LogP contribution >= 0.6 is 0 Å². The number of hydrogen-bond donors (Lipinski definition) is 2. The van der Waals surface area contributed by atoms with Gasteiger partial charge in [-0.15, -0.1) is 0 Å². The predicted molar refractivity (Wildman–Crippen MR) is 77.4 cm³/mol. The summed E-state index contributed by atoms with van der Waals surface area (Å²) in [7, 11) is 0. The lowest BCUT2D eigenvalue weighted by Crippen LogP contribution is -2.39. The van der Waals surface area contributed by atoms with Gasteiger partial charge in [-0.2, -0.15) is 5.10 Å². The molecule has 0 radical (unpaired) electrons. The van der Waals surface area contributed by atoms with E-state index in [1.807, 2.05) is 26.8 Å². The minimum atomic E-state index is -0.422. The summed E-state index contributed by atoms with van der Waals surface area (Å²) in [6.45, 7) is 6.03. The molecule has 1 fully saturated rings. The van der Waals surface area contributed by atoms with Crippen LogP contribution in [0.15, 0.2) is 6.07 Å². The Bertz CT molecular complexity index is 464. The second-order valence-electron chi connectivity index (χ2n) is 5.90. The van der Waals surface area contributed by atoms with Crippen LogP contribution < -0.4 is 5.32 Å². The van der Waals surface area contributed by atoms with E-state index in [1.165, 1.54) is 12.8 Å². The molecule has 1 aliphatic rings. The first-order valence-electron chi connectivity index (χ1n) is 7.47. The fourth-order valence-corrected chi connectivity index (χ4v) is 3.01. The molecule has 1 aromatic rings. The molecular formula is C15H25N3O2. The van der Waals surface area contributed by atoms with E-state index in [9.17, 15) is 9.90 Å². The van der Waals surface area contributed by atoms with Crippen molar-refractivity contribution in [3.63, 3.8) is 0 Å². The van der Waals surface area contributed by atoms with Gasteiger partial charge in [0.05, 0.1) is 11.8 Å². The van der Waals surface area contributed by atoms with Gasteiger partial charge in [0.2, 0.25) is 5.91 Å². The van der Waals surface area contributed by atoms with Crippen molar-refractivity contribution in [2.75, 3.05) is 6.54 Å². The number of amides is 1. The highest BCUT2D eigenvalue weighted by atomic mass is 16.3. The van der Waals surface area contributed by atoms with Gasteiger partial charge in [-0.1, -0.05) is 12.8 Å². The number of hydrogen-bond acceptors (Lipinski definition) is 3. The van der Waals surface area contributed by atoms with E-state index in [0.717, 1.165) is 24.2 Å². The molecule has 0 spiro atoms. The smallest absolute Gasteiger partial charge is 0.244 e. The van der Waals surface area contributed by atoms with Crippen molar-refractivity contribution in [2.24, 2.45) is 5.92 Å². The van der Waals surface area contributed by atoms with Crippen molar-refractivity contribution < 1.29 is 9.90 Å². The molecule has 0 aliphatic heterocycles. The zero-order valence-electron chi connectivity index (χ0n) is 12.6. The lowest BCUT2D eigenvalue weighted by molar-refractivity contribution is -0.124. The van der Waals surface area contributed by atoms with Crippen LogP contribution in [0.3, 0.4) is 0 Å². The Morgan fingerprint density at radius 2 is 2.15 bits per heavy atom. The number of nitrogens with one attached hydrogen (secondary N) is 1. The molecule has 0 saturated heterocycles. The van der Waals surface area contributed by atoms with E-state index < -0.39 is 6.10 Å². The Labute approximate surface area is 120 Å². The Hall–Kier alpha value is -1.36. The Morgan fingerprint density at radius 3 is 2.70 bits per heavy atom. The van der Waals surface area contributed by atoms with Gasteiger partial charge in [0.1, 0.15) is 6.04 Å². The van der Waals surface area contributed by atoms with E-state index in [1.54, 1.807) is 4.68 Å². The maximum atomic E-state index is 12.1. The number of carbonyl (C=O) groups excluding carboxylic acids is 1. The molecule has 5 nitrogen and oxygen atoms in total. The average Bonchev–Trinajstić information content (AvgIpc) is 3.04. The SMILES string of the molecule is Cc1cc(C)n(C(C)C(=O)NCC(O)C2CCCC2)n1. The standard InChI is InChI=1S/C15H25N3O2/c1-10-8-11(2)18(17-10)12(3)15(20)16-9-14(19)13-6-4-5-7-13/h8,12-14,19H,4-7,9H2,1-3H3,(H,16,20). The fourth-order valence-electron chi connectivity index (χ4n) is 3.01. The molecule has 0 bridgehead atoms. The molecule has 2 unspecified atom stereocenters. The number of nitrogens with zero attached hydrogens (tertiary/aromatic N) is 2. The molecule has 1 heterocycles. The van der Waals surface area contributed by atoms with Crippen molar-refractivity contribution in [1.29, 1.82) is 0 Å². The predicted octanol–water partition coefficient (Wildman–Crippen LogP) is 1.73. The van der Waals surface area contributed by atoms with E-state index in [-0.39, 0.29) is 11.9 Å². The zero-order chi connectivity index (χ0) is 14.7. The van der Waals surface area contributed by atoms with Gasteiger partial charge < -0.3 is 10.4 Å². The van der Waals surface area contributed by atoms with Crippen LogP contribution in [0.5, 0.6) is 0 Å². The van der Waals surface area contributed by atoms with Gasteiger partial charge >= 0.3 is 0 Å². The van der Waals surface area contributed by atoms with Crippen molar-refractivity contribution in [3.8, 4) is 0 Å². The number of rotatable bonds is 5. The topological polar surface area (TPSA) is 67.2 Å². The van der Waals surface area contributed by atoms with Crippen LogP contribution in [-0.4, -0.2) is 33.4 Å². The first-order valence-corrected chi connectivity index (χ1v) is 7.47. The number of aryl methyl sites for hydroxylation is 2. The third-order valence-corrected chi connectivity index (χ3v) is 4.22. The minimum absolute atomic E-state index is 0.0896. The molecule has 1 aromatic heterocycles. The highest BCUT2D eigenvalue weighted by Crippen LogP contribution is 2.27. The highest BCUT2D eigenvalue weighted by molar-refractivity contribution is 5.79. The normalized spacial score (nSPS) is 19.0. The summed E-state index contributed by atoms with van der Waals surface area (Å²) in [6.07, 6.45) is 4.11. The summed E-state index contributed by atoms with van der Waals surface area (Å²) in [5.74, 6) is 0.257. The third-order valence-electron chi connectivity index (χ3n) is 4.22. The van der Waals surface area contributed by atoms with Gasteiger partial charge in [-0.25, -0.2) is 0 Å². The maximum Gasteiger partial charge on any atom is 0.244 e. The molecule has 2 N–H and O–H groups in total. The molecular weight excluding hydrogens is 254 g/mol. The Balaban J connectivity index is 1.86. The summed E-state index contributed by atoms with van der Waals surface area (Å²) < 4.78 is 1.73. The van der Waals surface area contributed by atoms with E-state index in [0.29, 0.717) is 12.5 Å². The molecule has 1 saturated carbocycles. The van der Waals surface area contributed by atoms with Crippen LogP contribution in [0.4, 0.5) is 0 Å². The number of aromatic nitrogens is 2. The Morgan fingerprint density at radius 1 is 1.50 bits per heavy atom. The van der Waals surface area contributed by atoms with Crippen LogP contribution in [0.1, 0.15) is 50.0 Å². The van der Waals surface area contributed by atoms with Crippen LogP contribution in [0.2, 0.25) is 0 Å². The number of carbonyl (C=O) groups is 1. The maximum absolute atomic E-state index is 12.1. The molecule has 112 valence electrons. The van der Waals surface area contributed by atoms with Gasteiger partial charge in [0, 0.05) is 12.2 Å². The van der Waals surface area contributed by atoms with Crippen LogP contribution in [0, 0.1) is 19.8 Å². The fraction of sp³-hybridized carbons (Fsp3) is 0.733. The van der Waals surface area contributed by atoms with Crippen LogP contribution in [-0.2, 0) is 4.79 Å². The van der Waals surface area contributed by atoms with Gasteiger partial charge in [-0.05, 0) is 45.6 Å². The zero-order valence-corrected chi connectivity index (χ0v) is 12.6. The van der Waals surface area contributed by atoms with Crippen molar-refractivity contribution >= 4 is 5.91 Å².